The average molecular weight is 242 g/mol. The van der Waals surface area contributed by atoms with Gasteiger partial charge in [0.2, 0.25) is 5.91 Å². The van der Waals surface area contributed by atoms with E-state index >= 15 is 0 Å². The first-order chi connectivity index (χ1) is 7.70. The Bertz CT molecular complexity index is 309. The molecule has 1 unspecified atom stereocenters. The maximum atomic E-state index is 11.9. The zero-order valence-corrected chi connectivity index (χ0v) is 11.3. The minimum Gasteiger partial charge on any atom is -0.459 e. The molecule has 1 rings (SSSR count). The van der Waals surface area contributed by atoms with Crippen LogP contribution in [0.25, 0.3) is 0 Å². The van der Waals surface area contributed by atoms with Crippen LogP contribution in [-0.4, -0.2) is 60.0 Å². The molecular formula is C12H22N2O3. The van der Waals surface area contributed by atoms with Crippen LogP contribution in [0.4, 0.5) is 0 Å². The quantitative estimate of drug-likeness (QED) is 0.661. The van der Waals surface area contributed by atoms with Gasteiger partial charge in [0.15, 0.2) is 0 Å². The van der Waals surface area contributed by atoms with Gasteiger partial charge < -0.3 is 9.64 Å². The molecule has 0 aromatic heterocycles. The Balaban J connectivity index is 2.56. The van der Waals surface area contributed by atoms with Gasteiger partial charge >= 0.3 is 5.97 Å². The monoisotopic (exact) mass is 242 g/mol. The molecule has 0 radical (unpaired) electrons. The molecule has 1 saturated heterocycles. The summed E-state index contributed by atoms with van der Waals surface area (Å²) in [4.78, 5) is 26.9. The van der Waals surface area contributed by atoms with Crippen molar-refractivity contribution < 1.29 is 14.3 Å². The molecule has 0 bridgehead atoms. The highest BCUT2D eigenvalue weighted by atomic mass is 16.6. The van der Waals surface area contributed by atoms with E-state index in [9.17, 15) is 9.59 Å². The molecular weight excluding hydrogens is 220 g/mol. The van der Waals surface area contributed by atoms with E-state index in [0.29, 0.717) is 13.1 Å². The minimum atomic E-state index is -0.484. The largest absolute Gasteiger partial charge is 0.459 e. The van der Waals surface area contributed by atoms with Crippen LogP contribution in [0.5, 0.6) is 0 Å². The first-order valence-corrected chi connectivity index (χ1v) is 5.91. The van der Waals surface area contributed by atoms with Crippen molar-refractivity contribution in [3.63, 3.8) is 0 Å². The fraction of sp³-hybridized carbons (Fsp3) is 0.833. The van der Waals surface area contributed by atoms with Crippen LogP contribution in [0.2, 0.25) is 0 Å². The Morgan fingerprint density at radius 3 is 2.41 bits per heavy atom. The molecule has 0 spiro atoms. The zero-order valence-electron chi connectivity index (χ0n) is 11.3. The van der Waals surface area contributed by atoms with Gasteiger partial charge in [-0.3, -0.25) is 14.5 Å². The van der Waals surface area contributed by atoms with Crippen molar-refractivity contribution in [3.8, 4) is 0 Å². The smallest absolute Gasteiger partial charge is 0.323 e. The Hall–Kier alpha value is -1.10. The number of amides is 1. The van der Waals surface area contributed by atoms with Crippen molar-refractivity contribution in [2.45, 2.75) is 39.3 Å². The molecule has 1 aliphatic rings. The fourth-order valence-corrected chi connectivity index (χ4v) is 1.64. The summed E-state index contributed by atoms with van der Waals surface area (Å²) in [6, 6.07) is -0.369. The lowest BCUT2D eigenvalue weighted by atomic mass is 10.2. The number of nitrogens with zero attached hydrogens (tertiary/aromatic N) is 2. The molecule has 0 aromatic carbocycles. The molecule has 1 heterocycles. The average Bonchev–Trinajstić information content (AvgIpc) is 2.18. The van der Waals surface area contributed by atoms with E-state index < -0.39 is 5.60 Å². The molecule has 0 saturated carbocycles. The number of esters is 1. The molecule has 1 fully saturated rings. The highest BCUT2D eigenvalue weighted by Gasteiger charge is 2.31. The summed E-state index contributed by atoms with van der Waals surface area (Å²) in [5, 5.41) is 0. The van der Waals surface area contributed by atoms with E-state index in [-0.39, 0.29) is 24.5 Å². The number of ether oxygens (including phenoxy) is 1. The number of hydrogen-bond acceptors (Lipinski definition) is 4. The highest BCUT2D eigenvalue weighted by Crippen LogP contribution is 2.13. The van der Waals surface area contributed by atoms with Crippen molar-refractivity contribution in [1.82, 2.24) is 9.80 Å². The molecule has 0 aromatic rings. The predicted molar refractivity (Wildman–Crippen MR) is 64.5 cm³/mol. The number of rotatable bonds is 2. The predicted octanol–water partition coefficient (Wildman–Crippen LogP) is 0.491. The van der Waals surface area contributed by atoms with Crippen molar-refractivity contribution in [3.05, 3.63) is 0 Å². The maximum absolute atomic E-state index is 11.9. The summed E-state index contributed by atoms with van der Waals surface area (Å²) in [5.74, 6) is -0.221. The lowest BCUT2D eigenvalue weighted by Crippen LogP contribution is -2.54. The second-order valence-electron chi connectivity index (χ2n) is 5.50. The molecule has 1 amide bonds. The van der Waals surface area contributed by atoms with Crippen LogP contribution in [0.15, 0.2) is 0 Å². The molecule has 5 heteroatoms. The van der Waals surface area contributed by atoms with E-state index in [0.717, 1.165) is 0 Å². The van der Waals surface area contributed by atoms with E-state index in [1.165, 1.54) is 0 Å². The summed E-state index contributed by atoms with van der Waals surface area (Å²) < 4.78 is 5.31. The molecule has 98 valence electrons. The van der Waals surface area contributed by atoms with E-state index in [1.807, 2.05) is 25.7 Å². The summed E-state index contributed by atoms with van der Waals surface area (Å²) in [5.41, 5.74) is -0.484. The number of carbonyl (C=O) groups excluding carboxylic acids is 2. The summed E-state index contributed by atoms with van der Waals surface area (Å²) in [6.45, 7) is 8.96. The third-order valence-electron chi connectivity index (χ3n) is 2.78. The Morgan fingerprint density at radius 1 is 1.35 bits per heavy atom. The highest BCUT2D eigenvalue weighted by molar-refractivity contribution is 5.81. The van der Waals surface area contributed by atoms with E-state index in [1.54, 1.807) is 18.9 Å². The molecule has 5 nitrogen and oxygen atoms in total. The zero-order chi connectivity index (χ0) is 13.2. The van der Waals surface area contributed by atoms with Crippen molar-refractivity contribution >= 4 is 11.9 Å². The third kappa shape index (κ3) is 4.00. The fourth-order valence-electron chi connectivity index (χ4n) is 1.64. The van der Waals surface area contributed by atoms with E-state index in [2.05, 4.69) is 0 Å². The van der Waals surface area contributed by atoms with Crippen LogP contribution in [0, 0.1) is 0 Å². The maximum Gasteiger partial charge on any atom is 0.323 e. The first-order valence-electron chi connectivity index (χ1n) is 5.91. The second kappa shape index (κ2) is 5.04. The third-order valence-corrected chi connectivity index (χ3v) is 2.78. The van der Waals surface area contributed by atoms with Crippen molar-refractivity contribution in [2.24, 2.45) is 0 Å². The van der Waals surface area contributed by atoms with Gasteiger partial charge in [-0.2, -0.15) is 0 Å². The van der Waals surface area contributed by atoms with Crippen molar-refractivity contribution in [2.75, 3.05) is 26.7 Å². The molecule has 17 heavy (non-hydrogen) atoms. The summed E-state index contributed by atoms with van der Waals surface area (Å²) in [7, 11) is 1.78. The normalized spacial score (nSPS) is 20.3. The lowest BCUT2D eigenvalue weighted by molar-refractivity contribution is -0.162. The van der Waals surface area contributed by atoms with Crippen LogP contribution in [0.3, 0.4) is 0 Å². The van der Waals surface area contributed by atoms with Gasteiger partial charge in [-0.15, -0.1) is 0 Å². The SMILES string of the molecule is CC(C(=O)OC(C)(C)C)N1CCN(C)C(=O)C1. The lowest BCUT2D eigenvalue weighted by Gasteiger charge is -2.35. The van der Waals surface area contributed by atoms with Gasteiger partial charge in [-0.25, -0.2) is 0 Å². The standard InChI is InChI=1S/C12H22N2O3/c1-9(11(16)17-12(2,3)4)14-7-6-13(5)10(15)8-14/h9H,6-8H2,1-5H3. The van der Waals surface area contributed by atoms with Gasteiger partial charge in [-0.1, -0.05) is 0 Å². The molecule has 0 N–H and O–H groups in total. The van der Waals surface area contributed by atoms with Gasteiger partial charge in [0.25, 0.3) is 0 Å². The molecule has 0 aliphatic carbocycles. The number of hydrogen-bond donors (Lipinski definition) is 0. The Labute approximate surface area is 103 Å². The van der Waals surface area contributed by atoms with Gasteiger partial charge in [0, 0.05) is 20.1 Å². The topological polar surface area (TPSA) is 49.9 Å². The van der Waals surface area contributed by atoms with Gasteiger partial charge in [0.1, 0.15) is 11.6 Å². The minimum absolute atomic E-state index is 0.0478. The Kier molecular flexibility index (Phi) is 4.14. The van der Waals surface area contributed by atoms with E-state index in [4.69, 9.17) is 4.74 Å². The Morgan fingerprint density at radius 2 is 1.94 bits per heavy atom. The second-order valence-corrected chi connectivity index (χ2v) is 5.50. The van der Waals surface area contributed by atoms with Gasteiger partial charge in [0.05, 0.1) is 6.54 Å². The van der Waals surface area contributed by atoms with Crippen LogP contribution >= 0.6 is 0 Å². The molecule has 1 atom stereocenters. The van der Waals surface area contributed by atoms with Crippen molar-refractivity contribution in [1.29, 1.82) is 0 Å². The van der Waals surface area contributed by atoms with Crippen LogP contribution < -0.4 is 0 Å². The number of likely N-dealkylation sites (N-methyl/N-ethyl adjacent to an activating group) is 1. The number of carbonyl (C=O) groups is 2. The molecule has 1 aliphatic heterocycles. The summed E-state index contributed by atoms with van der Waals surface area (Å²) >= 11 is 0. The van der Waals surface area contributed by atoms with Crippen LogP contribution in [-0.2, 0) is 14.3 Å². The first kappa shape index (κ1) is 14.0. The number of piperazine rings is 1. The summed E-state index contributed by atoms with van der Waals surface area (Å²) in [6.07, 6.45) is 0. The van der Waals surface area contributed by atoms with Crippen LogP contribution in [0.1, 0.15) is 27.7 Å². The van der Waals surface area contributed by atoms with Gasteiger partial charge in [-0.05, 0) is 27.7 Å².